The summed E-state index contributed by atoms with van der Waals surface area (Å²) < 4.78 is 45.5. The van der Waals surface area contributed by atoms with Crippen molar-refractivity contribution in [2.75, 3.05) is 19.3 Å². The average Bonchev–Trinajstić information content (AvgIpc) is 3.15. The van der Waals surface area contributed by atoms with Gasteiger partial charge in [-0.05, 0) is 40.7 Å². The zero-order chi connectivity index (χ0) is 31.6. The van der Waals surface area contributed by atoms with Crippen LogP contribution in [0.2, 0.25) is 0 Å². The van der Waals surface area contributed by atoms with Crippen LogP contribution >= 0.6 is 0 Å². The number of likely N-dealkylation sites (tertiary alicyclic amines) is 1. The number of H-pyrrole nitrogens is 1. The molecule has 2 aliphatic carbocycles. The molecule has 4 rings (SSSR count). The van der Waals surface area contributed by atoms with Gasteiger partial charge in [-0.15, -0.1) is 0 Å². The zero-order valence-electron chi connectivity index (χ0n) is 24.9. The minimum Gasteiger partial charge on any atom is -0.343 e. The van der Waals surface area contributed by atoms with Crippen molar-refractivity contribution in [2.45, 2.75) is 79.2 Å². The number of aromatic amines is 1. The van der Waals surface area contributed by atoms with Gasteiger partial charge < -0.3 is 15.2 Å². The maximum absolute atomic E-state index is 13.4. The number of hydrogen-bond donors (Lipinski definition) is 3. The molecule has 13 heteroatoms. The van der Waals surface area contributed by atoms with E-state index in [1.807, 2.05) is 6.07 Å². The molecule has 0 aromatic carbocycles. The highest BCUT2D eigenvalue weighted by Crippen LogP contribution is 2.62. The number of primary sulfonamides is 1. The van der Waals surface area contributed by atoms with Gasteiger partial charge in [0.2, 0.25) is 22.3 Å². The smallest absolute Gasteiger partial charge is 0.252 e. The van der Waals surface area contributed by atoms with Crippen LogP contribution in [0.5, 0.6) is 0 Å². The molecule has 3 unspecified atom stereocenters. The summed E-state index contributed by atoms with van der Waals surface area (Å²) in [5.74, 6) is -0.742. The molecular formula is C28H43F2N5O5S. The molecule has 3 aliphatic rings. The number of nitriles is 1. The van der Waals surface area contributed by atoms with Crippen LogP contribution in [0, 0.1) is 39.9 Å². The van der Waals surface area contributed by atoms with Crippen molar-refractivity contribution < 1.29 is 26.8 Å². The molecule has 41 heavy (non-hydrogen) atoms. The number of pyridine rings is 1. The first-order valence-electron chi connectivity index (χ1n) is 13.6. The summed E-state index contributed by atoms with van der Waals surface area (Å²) in [6.45, 7) is 15.2. The Hall–Kier alpha value is -2.85. The van der Waals surface area contributed by atoms with Gasteiger partial charge in [-0.2, -0.15) is 5.26 Å². The van der Waals surface area contributed by atoms with E-state index in [2.05, 4.69) is 61.9 Å². The molecule has 1 saturated heterocycles. The zero-order valence-corrected chi connectivity index (χ0v) is 25.7. The third-order valence-electron chi connectivity index (χ3n) is 8.43. The van der Waals surface area contributed by atoms with Crippen LogP contribution in [-0.2, 0) is 38.9 Å². The normalized spacial score (nSPS) is 23.1. The molecule has 0 bridgehead atoms. The lowest BCUT2D eigenvalue weighted by Gasteiger charge is -2.31. The number of halogens is 2. The molecule has 230 valence electrons. The molecule has 4 atom stereocenters. The van der Waals surface area contributed by atoms with E-state index >= 15 is 0 Å². The van der Waals surface area contributed by atoms with E-state index in [4.69, 9.17) is 5.26 Å². The van der Waals surface area contributed by atoms with Gasteiger partial charge in [-0.25, -0.2) is 22.3 Å². The van der Waals surface area contributed by atoms with Crippen molar-refractivity contribution in [3.63, 3.8) is 0 Å². The number of rotatable bonds is 5. The highest BCUT2D eigenvalue weighted by atomic mass is 32.2. The van der Waals surface area contributed by atoms with Crippen molar-refractivity contribution in [1.82, 2.24) is 15.2 Å². The Morgan fingerprint density at radius 3 is 2.32 bits per heavy atom. The number of alkyl halides is 2. The molecule has 0 radical (unpaired) electrons. The fourth-order valence-electron chi connectivity index (χ4n) is 5.27. The van der Waals surface area contributed by atoms with Crippen LogP contribution in [0.25, 0.3) is 0 Å². The number of piperidine rings is 1. The molecular weight excluding hydrogens is 556 g/mol. The molecule has 2 amide bonds. The van der Waals surface area contributed by atoms with Crippen LogP contribution in [0.4, 0.5) is 8.78 Å². The van der Waals surface area contributed by atoms with E-state index in [9.17, 15) is 31.6 Å². The monoisotopic (exact) mass is 599 g/mol. The van der Waals surface area contributed by atoms with E-state index in [-0.39, 0.29) is 36.2 Å². The quantitative estimate of drug-likeness (QED) is 0.440. The number of nitrogens with two attached hydrogens (primary N) is 1. The molecule has 0 spiro atoms. The maximum atomic E-state index is 13.4. The topological polar surface area (TPSA) is 166 Å². The fourth-order valence-corrected chi connectivity index (χ4v) is 5.27. The van der Waals surface area contributed by atoms with Gasteiger partial charge in [0.15, 0.2) is 0 Å². The highest BCUT2D eigenvalue weighted by Gasteiger charge is 2.62. The van der Waals surface area contributed by atoms with Crippen LogP contribution in [0.1, 0.15) is 64.8 Å². The number of amides is 2. The number of carbonyl (C=O) groups is 2. The minimum atomic E-state index is -3.17. The van der Waals surface area contributed by atoms with Crippen molar-refractivity contribution in [1.29, 1.82) is 5.26 Å². The Kier molecular flexibility index (Phi) is 10.5. The first-order chi connectivity index (χ1) is 18.6. The summed E-state index contributed by atoms with van der Waals surface area (Å²) in [4.78, 5) is 39.1. The second-order valence-corrected chi connectivity index (χ2v) is 14.7. The molecule has 4 N–H and O–H groups in total. The fraction of sp³-hybridized carbons (Fsp3) is 0.714. The second-order valence-electron chi connectivity index (χ2n) is 13.0. The largest absolute Gasteiger partial charge is 0.343 e. The van der Waals surface area contributed by atoms with Crippen LogP contribution in [-0.4, -0.2) is 61.9 Å². The SMILES string of the molecule is CC(C(=O)N1CC2[C@H](C1)C2(C)C)C(C)(C)C.CS(N)(=O)=O.N#CC(Cc1cc2c([nH]c1=O)CCC(F)(F)C2)NC=O. The lowest BCUT2D eigenvalue weighted by molar-refractivity contribution is -0.138. The Labute approximate surface area is 241 Å². The van der Waals surface area contributed by atoms with Crippen molar-refractivity contribution in [3.8, 4) is 6.07 Å². The van der Waals surface area contributed by atoms with E-state index in [1.165, 1.54) is 6.07 Å². The Balaban J connectivity index is 0.000000251. The average molecular weight is 600 g/mol. The van der Waals surface area contributed by atoms with Crippen molar-refractivity contribution in [3.05, 3.63) is 33.2 Å². The number of fused-ring (bicyclic) bond motifs is 2. The number of sulfonamides is 1. The number of aromatic nitrogens is 1. The molecule has 1 aliphatic heterocycles. The molecule has 1 saturated carbocycles. The van der Waals surface area contributed by atoms with Crippen molar-refractivity contribution in [2.24, 2.45) is 33.7 Å². The molecule has 1 aromatic heterocycles. The van der Waals surface area contributed by atoms with Gasteiger partial charge in [-0.3, -0.25) is 14.4 Å². The standard InChI is InChI=1S/C14H25NO.C13H13F2N3O2.CH5NO2S/c1-9(13(2,3)4)12(16)15-7-10-11(8-15)14(10,5)6;14-13(15)2-1-11-9(5-13)3-8(12(20)18-11)4-10(6-16)17-7-19;1-5(2,3)4/h9-11H,7-8H2,1-6H3;3,7,10H,1-2,4-5H2,(H,17,19)(H,18,20);1H3,(H2,2,3,4)/t9?,10-,11?;;/m0../s1. The highest BCUT2D eigenvalue weighted by molar-refractivity contribution is 7.88. The number of nitrogens with one attached hydrogen (secondary N) is 2. The maximum Gasteiger partial charge on any atom is 0.252 e. The molecule has 2 heterocycles. The van der Waals surface area contributed by atoms with Crippen molar-refractivity contribution >= 4 is 22.3 Å². The second kappa shape index (κ2) is 12.6. The number of hydrogen-bond acceptors (Lipinski definition) is 6. The predicted octanol–water partition coefficient (Wildman–Crippen LogP) is 2.37. The third-order valence-corrected chi connectivity index (χ3v) is 8.43. The van der Waals surface area contributed by atoms with E-state index < -0.39 is 34.0 Å². The Bertz CT molecular complexity index is 1310. The van der Waals surface area contributed by atoms with Gasteiger partial charge in [0.25, 0.3) is 11.5 Å². The van der Waals surface area contributed by atoms with Gasteiger partial charge >= 0.3 is 0 Å². The van der Waals surface area contributed by atoms with Gasteiger partial charge in [-0.1, -0.05) is 41.5 Å². The summed E-state index contributed by atoms with van der Waals surface area (Å²) in [6.07, 6.45) is 0.741. The molecule has 2 fully saturated rings. The lowest BCUT2D eigenvalue weighted by Crippen LogP contribution is -2.40. The number of carbonyl (C=O) groups excluding carboxylic acids is 2. The summed E-state index contributed by atoms with van der Waals surface area (Å²) in [5.41, 5.74) is 1.34. The van der Waals surface area contributed by atoms with E-state index in [0.717, 1.165) is 31.2 Å². The summed E-state index contributed by atoms with van der Waals surface area (Å²) in [6, 6.07) is 2.40. The number of nitrogens with zero attached hydrogens (tertiary/aromatic N) is 2. The van der Waals surface area contributed by atoms with Crippen LogP contribution < -0.4 is 16.0 Å². The molecule has 1 aromatic rings. The van der Waals surface area contributed by atoms with E-state index in [1.54, 1.807) is 0 Å². The predicted molar refractivity (Wildman–Crippen MR) is 151 cm³/mol. The van der Waals surface area contributed by atoms with Gasteiger partial charge in [0.1, 0.15) is 6.04 Å². The van der Waals surface area contributed by atoms with Crippen LogP contribution in [0.15, 0.2) is 10.9 Å². The third kappa shape index (κ3) is 9.60. The van der Waals surface area contributed by atoms with E-state index in [0.29, 0.717) is 29.0 Å². The van der Waals surface area contributed by atoms with Crippen LogP contribution in [0.3, 0.4) is 0 Å². The minimum absolute atomic E-state index is 0.0105. The Morgan fingerprint density at radius 2 is 1.85 bits per heavy atom. The summed E-state index contributed by atoms with van der Waals surface area (Å²) in [5, 5.41) is 15.4. The number of aryl methyl sites for hydroxylation is 1. The first kappa shape index (κ1) is 34.4. The van der Waals surface area contributed by atoms with Gasteiger partial charge in [0.05, 0.1) is 12.3 Å². The lowest BCUT2D eigenvalue weighted by atomic mass is 9.81. The summed E-state index contributed by atoms with van der Waals surface area (Å²) in [7, 11) is -3.17. The molecule has 10 nitrogen and oxygen atoms in total. The Morgan fingerprint density at radius 1 is 1.32 bits per heavy atom. The first-order valence-corrected chi connectivity index (χ1v) is 15.5. The summed E-state index contributed by atoms with van der Waals surface area (Å²) >= 11 is 0. The van der Waals surface area contributed by atoms with Gasteiger partial charge in [0, 0.05) is 49.5 Å².